The minimum Gasteiger partial charge on any atom is -0.465 e. The van der Waals surface area contributed by atoms with Crippen LogP contribution in [-0.4, -0.2) is 65.4 Å². The number of carbonyl (C=O) groups excluding carboxylic acids is 1. The molecule has 32 heavy (non-hydrogen) atoms. The number of benzene rings is 1. The first-order valence-electron chi connectivity index (χ1n) is 11.9. The van der Waals surface area contributed by atoms with Crippen molar-refractivity contribution < 1.29 is 19.8 Å². The van der Waals surface area contributed by atoms with E-state index >= 15 is 0 Å². The van der Waals surface area contributed by atoms with Gasteiger partial charge >= 0.3 is 6.09 Å². The van der Waals surface area contributed by atoms with Crippen LogP contribution in [-0.2, 0) is 4.79 Å². The Labute approximate surface area is 194 Å². The molecule has 0 aromatic heterocycles. The number of halogens is 1. The van der Waals surface area contributed by atoms with Crippen LogP contribution >= 0.6 is 11.6 Å². The number of carboxylic acid groups (broad SMARTS) is 1. The fourth-order valence-corrected chi connectivity index (χ4v) is 6.06. The number of hydrogen-bond donors (Lipinski definition) is 2. The molecule has 2 saturated heterocycles. The minimum atomic E-state index is -0.987. The highest BCUT2D eigenvalue weighted by atomic mass is 35.5. The largest absolute Gasteiger partial charge is 0.465 e. The van der Waals surface area contributed by atoms with Crippen molar-refractivity contribution in [1.82, 2.24) is 4.90 Å². The molecule has 1 saturated carbocycles. The van der Waals surface area contributed by atoms with Gasteiger partial charge in [0.1, 0.15) is 0 Å². The van der Waals surface area contributed by atoms with Gasteiger partial charge in [-0.25, -0.2) is 4.79 Å². The molecule has 2 aliphatic heterocycles. The molecule has 1 aromatic carbocycles. The molecule has 1 aliphatic carbocycles. The molecule has 176 valence electrons. The Bertz CT molecular complexity index is 858. The lowest BCUT2D eigenvalue weighted by Crippen LogP contribution is -2.50. The molecule has 1 aromatic rings. The molecule has 1 spiro atoms. The average Bonchev–Trinajstić information content (AvgIpc) is 3.07. The molecule has 7 nitrogen and oxygen atoms in total. The number of nitrogens with zero attached hydrogens (tertiary/aromatic N) is 3. The fourth-order valence-electron chi connectivity index (χ4n) is 5.76. The Morgan fingerprint density at radius 3 is 2.62 bits per heavy atom. The quantitative estimate of drug-likeness (QED) is 0.677. The van der Waals surface area contributed by atoms with Crippen molar-refractivity contribution in [1.29, 1.82) is 0 Å². The van der Waals surface area contributed by atoms with Gasteiger partial charge in [0.15, 0.2) is 0 Å². The van der Waals surface area contributed by atoms with Crippen LogP contribution in [0.3, 0.4) is 0 Å². The summed E-state index contributed by atoms with van der Waals surface area (Å²) in [6, 6.07) is 5.67. The van der Waals surface area contributed by atoms with Gasteiger partial charge in [0.05, 0.1) is 22.2 Å². The van der Waals surface area contributed by atoms with Crippen molar-refractivity contribution >= 4 is 35.0 Å². The van der Waals surface area contributed by atoms with Gasteiger partial charge < -0.3 is 20.0 Å². The summed E-state index contributed by atoms with van der Waals surface area (Å²) in [4.78, 5) is 30.7. The first-order chi connectivity index (χ1) is 15.3. The molecule has 0 bridgehead atoms. The van der Waals surface area contributed by atoms with E-state index in [9.17, 15) is 19.8 Å². The molecular weight excluding hydrogens is 430 g/mol. The summed E-state index contributed by atoms with van der Waals surface area (Å²) in [6.07, 6.45) is 5.53. The van der Waals surface area contributed by atoms with Crippen molar-refractivity contribution in [2.24, 2.45) is 5.41 Å². The van der Waals surface area contributed by atoms with Gasteiger partial charge in [-0.05, 0) is 69.6 Å². The van der Waals surface area contributed by atoms with E-state index < -0.39 is 6.09 Å². The molecule has 1 unspecified atom stereocenters. The van der Waals surface area contributed by atoms with Gasteiger partial charge in [-0.1, -0.05) is 18.5 Å². The van der Waals surface area contributed by atoms with Crippen LogP contribution in [0.1, 0.15) is 58.3 Å². The van der Waals surface area contributed by atoms with E-state index in [1.807, 2.05) is 19.1 Å². The summed E-state index contributed by atoms with van der Waals surface area (Å²) >= 11 is 6.63. The first kappa shape index (κ1) is 23.2. The zero-order valence-corrected chi connectivity index (χ0v) is 19.6. The molecule has 8 heteroatoms. The van der Waals surface area contributed by atoms with E-state index in [4.69, 9.17) is 11.6 Å². The van der Waals surface area contributed by atoms with Crippen LogP contribution in [0.4, 0.5) is 16.2 Å². The second kappa shape index (κ2) is 9.48. The SMILES string of the molecule is CCCN(C(=O)O)c1ccc(N2CCCC3(CCN([C@H]4CC[C@H](O)CC4)C3=O)C2)c(Cl)c1. The van der Waals surface area contributed by atoms with E-state index in [-0.39, 0.29) is 23.5 Å². The number of carbonyl (C=O) groups is 2. The third-order valence-electron chi connectivity index (χ3n) is 7.49. The summed E-state index contributed by atoms with van der Waals surface area (Å²) in [7, 11) is 0. The van der Waals surface area contributed by atoms with Gasteiger partial charge in [0, 0.05) is 37.9 Å². The Kier molecular flexibility index (Phi) is 6.86. The molecular formula is C24H34ClN3O4. The number of rotatable bonds is 5. The highest BCUT2D eigenvalue weighted by Gasteiger charge is 2.50. The molecule has 2 N–H and O–H groups in total. The predicted molar refractivity (Wildman–Crippen MR) is 126 cm³/mol. The standard InChI is InChI=1S/C24H34ClN3O4/c1-2-12-28(23(31)32)18-6-9-21(20(25)15-18)26-13-3-10-24(16-26)11-14-27(22(24)30)17-4-7-19(29)8-5-17/h6,9,15,17,19,29H,2-5,7-8,10-14,16H2,1H3,(H,31,32)/t17-,19-,24?. The van der Waals surface area contributed by atoms with Gasteiger partial charge in [-0.15, -0.1) is 0 Å². The van der Waals surface area contributed by atoms with Gasteiger partial charge in [0.2, 0.25) is 5.91 Å². The predicted octanol–water partition coefficient (Wildman–Crippen LogP) is 4.36. The van der Waals surface area contributed by atoms with E-state index in [1.165, 1.54) is 4.90 Å². The van der Waals surface area contributed by atoms with Crippen LogP contribution in [0.25, 0.3) is 0 Å². The van der Waals surface area contributed by atoms with Crippen molar-refractivity contribution in [2.75, 3.05) is 36.0 Å². The van der Waals surface area contributed by atoms with Gasteiger partial charge in [0.25, 0.3) is 0 Å². The monoisotopic (exact) mass is 463 g/mol. The lowest BCUT2D eigenvalue weighted by atomic mass is 9.78. The summed E-state index contributed by atoms with van der Waals surface area (Å²) in [5.41, 5.74) is 1.07. The number of anilines is 2. The van der Waals surface area contributed by atoms with E-state index in [2.05, 4.69) is 9.80 Å². The third kappa shape index (κ3) is 4.42. The Balaban J connectivity index is 1.49. The van der Waals surface area contributed by atoms with E-state index in [0.717, 1.165) is 70.1 Å². The zero-order chi connectivity index (χ0) is 22.9. The summed E-state index contributed by atoms with van der Waals surface area (Å²) in [6.45, 7) is 4.64. The Morgan fingerprint density at radius 2 is 1.97 bits per heavy atom. The number of aliphatic hydroxyl groups excluding tert-OH is 1. The van der Waals surface area contributed by atoms with E-state index in [1.54, 1.807) is 6.07 Å². The summed E-state index contributed by atoms with van der Waals surface area (Å²) < 4.78 is 0. The fraction of sp³-hybridized carbons (Fsp3) is 0.667. The maximum Gasteiger partial charge on any atom is 0.411 e. The molecule has 3 aliphatic rings. The van der Waals surface area contributed by atoms with Crippen LogP contribution < -0.4 is 9.80 Å². The van der Waals surface area contributed by atoms with Gasteiger partial charge in [-0.3, -0.25) is 9.69 Å². The lowest BCUT2D eigenvalue weighted by Gasteiger charge is -2.41. The third-order valence-corrected chi connectivity index (χ3v) is 7.79. The molecule has 4 rings (SSSR count). The number of aliphatic hydroxyl groups is 1. The topological polar surface area (TPSA) is 84.3 Å². The number of likely N-dealkylation sites (tertiary alicyclic amines) is 1. The second-order valence-electron chi connectivity index (χ2n) is 9.59. The number of hydrogen-bond acceptors (Lipinski definition) is 4. The van der Waals surface area contributed by atoms with Crippen molar-refractivity contribution in [3.8, 4) is 0 Å². The Morgan fingerprint density at radius 1 is 1.22 bits per heavy atom. The maximum absolute atomic E-state index is 13.5. The molecule has 3 fully saturated rings. The average molecular weight is 464 g/mol. The minimum absolute atomic E-state index is 0.220. The van der Waals surface area contributed by atoms with Crippen molar-refractivity contribution in [3.63, 3.8) is 0 Å². The van der Waals surface area contributed by atoms with Crippen molar-refractivity contribution in [2.45, 2.75) is 70.4 Å². The zero-order valence-electron chi connectivity index (χ0n) is 18.8. The lowest BCUT2D eigenvalue weighted by molar-refractivity contribution is -0.139. The van der Waals surface area contributed by atoms with Gasteiger partial charge in [-0.2, -0.15) is 0 Å². The van der Waals surface area contributed by atoms with Crippen LogP contribution in [0, 0.1) is 5.41 Å². The molecule has 2 heterocycles. The Hall–Kier alpha value is -1.99. The highest BCUT2D eigenvalue weighted by molar-refractivity contribution is 6.33. The van der Waals surface area contributed by atoms with Crippen LogP contribution in [0.15, 0.2) is 18.2 Å². The van der Waals surface area contributed by atoms with Crippen molar-refractivity contribution in [3.05, 3.63) is 23.2 Å². The highest BCUT2D eigenvalue weighted by Crippen LogP contribution is 2.44. The first-order valence-corrected chi connectivity index (χ1v) is 12.3. The molecule has 2 amide bonds. The normalized spacial score (nSPS) is 28.4. The molecule has 1 atom stereocenters. The second-order valence-corrected chi connectivity index (χ2v) is 9.99. The van der Waals surface area contributed by atoms with E-state index in [0.29, 0.717) is 23.8 Å². The summed E-state index contributed by atoms with van der Waals surface area (Å²) in [5.74, 6) is 0.260. The number of amides is 2. The number of piperidine rings is 1. The van der Waals surface area contributed by atoms with Crippen LogP contribution in [0.2, 0.25) is 5.02 Å². The maximum atomic E-state index is 13.5. The molecule has 0 radical (unpaired) electrons. The smallest absolute Gasteiger partial charge is 0.411 e. The summed E-state index contributed by atoms with van der Waals surface area (Å²) in [5, 5.41) is 19.8. The van der Waals surface area contributed by atoms with Crippen LogP contribution in [0.5, 0.6) is 0 Å².